The summed E-state index contributed by atoms with van der Waals surface area (Å²) in [5.74, 6) is 0.554. The third-order valence-electron chi connectivity index (χ3n) is 8.51. The van der Waals surface area contributed by atoms with E-state index in [4.69, 9.17) is 4.74 Å². The molecule has 0 saturated carbocycles. The number of hydrogen-bond acceptors (Lipinski definition) is 2. The van der Waals surface area contributed by atoms with Crippen molar-refractivity contribution in [1.29, 1.82) is 0 Å². The summed E-state index contributed by atoms with van der Waals surface area (Å²) in [5, 5.41) is 9.24. The van der Waals surface area contributed by atoms with Gasteiger partial charge in [-0.25, -0.2) is 4.79 Å². The maximum absolute atomic E-state index is 11.3. The molecule has 0 saturated heterocycles. The molecule has 3 heteroatoms. The summed E-state index contributed by atoms with van der Waals surface area (Å²) in [7, 11) is 0. The summed E-state index contributed by atoms with van der Waals surface area (Å²) in [6.45, 7) is 4.56. The van der Waals surface area contributed by atoms with Crippen LogP contribution in [0, 0.1) is 0 Å². The van der Waals surface area contributed by atoms with E-state index in [0.717, 1.165) is 24.8 Å². The lowest BCUT2D eigenvalue weighted by atomic mass is 9.95. The largest absolute Gasteiger partial charge is 0.511 e. The van der Waals surface area contributed by atoms with Crippen LogP contribution in [-0.2, 0) is 12.8 Å². The van der Waals surface area contributed by atoms with Crippen molar-refractivity contribution in [1.82, 2.24) is 0 Å². The van der Waals surface area contributed by atoms with E-state index in [1.165, 1.54) is 166 Å². The third-order valence-corrected chi connectivity index (χ3v) is 8.51. The number of carbonyl (C=O) groups is 1. The zero-order chi connectivity index (χ0) is 28.9. The molecule has 0 fully saturated rings. The Bertz CT molecular complexity index is 699. The smallest absolute Gasteiger partial charge is 0.449 e. The van der Waals surface area contributed by atoms with E-state index in [1.54, 1.807) is 0 Å². The average molecular weight is 559 g/mol. The zero-order valence-electron chi connectivity index (χ0n) is 26.8. The Kier molecular flexibility index (Phi) is 25.2. The van der Waals surface area contributed by atoms with Crippen molar-refractivity contribution in [3.8, 4) is 5.75 Å². The molecule has 0 aliphatic heterocycles. The minimum Gasteiger partial charge on any atom is -0.449 e. The number of unbranched alkanes of at least 4 members (excludes halogenated alkanes) is 24. The van der Waals surface area contributed by atoms with Crippen LogP contribution in [-0.4, -0.2) is 11.3 Å². The minimum atomic E-state index is -1.20. The van der Waals surface area contributed by atoms with Crippen molar-refractivity contribution >= 4 is 6.16 Å². The van der Waals surface area contributed by atoms with Gasteiger partial charge in [0.1, 0.15) is 5.75 Å². The Morgan fingerprint density at radius 1 is 0.525 bits per heavy atom. The van der Waals surface area contributed by atoms with Gasteiger partial charge in [-0.05, 0) is 42.9 Å². The van der Waals surface area contributed by atoms with Crippen LogP contribution in [0.3, 0.4) is 0 Å². The molecule has 0 atom stereocenters. The van der Waals surface area contributed by atoms with E-state index >= 15 is 0 Å². The van der Waals surface area contributed by atoms with Gasteiger partial charge in [0.05, 0.1) is 0 Å². The monoisotopic (exact) mass is 559 g/mol. The summed E-state index contributed by atoms with van der Waals surface area (Å²) >= 11 is 0. The van der Waals surface area contributed by atoms with Crippen molar-refractivity contribution in [2.75, 3.05) is 0 Å². The normalized spacial score (nSPS) is 11.2. The molecule has 0 bridgehead atoms. The average Bonchev–Trinajstić information content (AvgIpc) is 2.94. The predicted octanol–water partition coefficient (Wildman–Crippen LogP) is 13.0. The maximum atomic E-state index is 11.3. The first kappa shape index (κ1) is 36.5. The van der Waals surface area contributed by atoms with Gasteiger partial charge in [0.25, 0.3) is 0 Å². The molecular formula is C37H66O3. The van der Waals surface area contributed by atoms with E-state index in [1.807, 2.05) is 12.1 Å². The van der Waals surface area contributed by atoms with Gasteiger partial charge in [0.2, 0.25) is 0 Å². The molecule has 0 radical (unpaired) electrons. The molecule has 40 heavy (non-hydrogen) atoms. The number of aryl methyl sites for hydroxylation is 1. The standard InChI is InChI=1S/C37H66O3/c1-3-5-7-9-11-13-15-17-19-21-23-25-27-30-34-31-29-33-36(40-37(38)39)35(34)32-28-26-24-22-20-18-16-14-12-10-8-6-4-2/h29,31,33H,3-28,30,32H2,1-2H3,(H,38,39). The van der Waals surface area contributed by atoms with Crippen molar-refractivity contribution in [3.05, 3.63) is 29.3 Å². The number of carboxylic acid groups (broad SMARTS) is 1. The molecule has 1 rings (SSSR count). The van der Waals surface area contributed by atoms with Crippen molar-refractivity contribution in [2.24, 2.45) is 0 Å². The molecule has 1 aromatic rings. The zero-order valence-corrected chi connectivity index (χ0v) is 26.8. The highest BCUT2D eigenvalue weighted by Gasteiger charge is 2.12. The highest BCUT2D eigenvalue weighted by Crippen LogP contribution is 2.27. The Morgan fingerprint density at radius 2 is 0.875 bits per heavy atom. The number of hydrogen-bond donors (Lipinski definition) is 1. The van der Waals surface area contributed by atoms with Crippen LogP contribution >= 0.6 is 0 Å². The van der Waals surface area contributed by atoms with Crippen LogP contribution < -0.4 is 4.74 Å². The molecule has 1 aromatic carbocycles. The second-order valence-corrected chi connectivity index (χ2v) is 12.2. The van der Waals surface area contributed by atoms with Crippen LogP contribution in [0.1, 0.15) is 192 Å². The number of benzene rings is 1. The van der Waals surface area contributed by atoms with E-state index < -0.39 is 6.16 Å². The number of rotatable bonds is 29. The summed E-state index contributed by atoms with van der Waals surface area (Å²) < 4.78 is 5.19. The molecule has 0 aromatic heterocycles. The van der Waals surface area contributed by atoms with Gasteiger partial charge in [-0.15, -0.1) is 0 Å². The topological polar surface area (TPSA) is 46.5 Å². The van der Waals surface area contributed by atoms with Crippen molar-refractivity contribution < 1.29 is 14.6 Å². The lowest BCUT2D eigenvalue weighted by Crippen LogP contribution is -2.07. The van der Waals surface area contributed by atoms with Gasteiger partial charge < -0.3 is 9.84 Å². The molecule has 0 heterocycles. The SMILES string of the molecule is CCCCCCCCCCCCCCCc1cccc(OC(=O)O)c1CCCCCCCCCCCCCCC. The first-order chi connectivity index (χ1) is 19.7. The Labute approximate surface area is 249 Å². The maximum Gasteiger partial charge on any atom is 0.511 e. The fraction of sp³-hybridized carbons (Fsp3) is 0.811. The van der Waals surface area contributed by atoms with Crippen molar-refractivity contribution in [2.45, 2.75) is 194 Å². The molecule has 3 nitrogen and oxygen atoms in total. The highest BCUT2D eigenvalue weighted by molar-refractivity contribution is 5.62. The second-order valence-electron chi connectivity index (χ2n) is 12.2. The third kappa shape index (κ3) is 21.3. The quantitative estimate of drug-likeness (QED) is 0.0604. The highest BCUT2D eigenvalue weighted by atomic mass is 16.7. The summed E-state index contributed by atoms with van der Waals surface area (Å²) in [4.78, 5) is 11.3. The summed E-state index contributed by atoms with van der Waals surface area (Å²) in [6, 6.07) is 5.98. The molecule has 0 amide bonds. The molecule has 232 valence electrons. The summed E-state index contributed by atoms with van der Waals surface area (Å²) in [5.41, 5.74) is 2.42. The number of ether oxygens (including phenoxy) is 1. The fourth-order valence-corrected chi connectivity index (χ4v) is 5.97. The first-order valence-corrected chi connectivity index (χ1v) is 17.7. The molecule has 1 N–H and O–H groups in total. The van der Waals surface area contributed by atoms with Gasteiger partial charge >= 0.3 is 6.16 Å². The Balaban J connectivity index is 2.21. The van der Waals surface area contributed by atoms with Crippen LogP contribution in [0.15, 0.2) is 18.2 Å². The van der Waals surface area contributed by atoms with Gasteiger partial charge in [0, 0.05) is 0 Å². The summed E-state index contributed by atoms with van der Waals surface area (Å²) in [6.07, 6.45) is 35.9. The van der Waals surface area contributed by atoms with Crippen LogP contribution in [0.5, 0.6) is 5.75 Å². The van der Waals surface area contributed by atoms with E-state index in [9.17, 15) is 9.90 Å². The van der Waals surface area contributed by atoms with Crippen LogP contribution in [0.4, 0.5) is 4.79 Å². The van der Waals surface area contributed by atoms with Gasteiger partial charge in [0.15, 0.2) is 0 Å². The molecular weight excluding hydrogens is 492 g/mol. The minimum absolute atomic E-state index is 0.554. The van der Waals surface area contributed by atoms with Gasteiger partial charge in [-0.3, -0.25) is 0 Å². The predicted molar refractivity (Wildman–Crippen MR) is 174 cm³/mol. The Hall–Kier alpha value is -1.51. The van der Waals surface area contributed by atoms with Gasteiger partial charge in [-0.2, -0.15) is 0 Å². The molecule has 0 unspecified atom stereocenters. The van der Waals surface area contributed by atoms with Crippen LogP contribution in [0.25, 0.3) is 0 Å². The van der Waals surface area contributed by atoms with Crippen molar-refractivity contribution in [3.63, 3.8) is 0 Å². The lowest BCUT2D eigenvalue weighted by Gasteiger charge is -2.14. The Morgan fingerprint density at radius 3 is 1.25 bits per heavy atom. The first-order valence-electron chi connectivity index (χ1n) is 17.7. The van der Waals surface area contributed by atoms with E-state index in [2.05, 4.69) is 19.9 Å². The molecule has 0 spiro atoms. The van der Waals surface area contributed by atoms with Crippen LogP contribution in [0.2, 0.25) is 0 Å². The van der Waals surface area contributed by atoms with E-state index in [-0.39, 0.29) is 0 Å². The van der Waals surface area contributed by atoms with E-state index in [0.29, 0.717) is 5.75 Å². The molecule has 0 aliphatic carbocycles. The fourth-order valence-electron chi connectivity index (χ4n) is 5.97. The second kappa shape index (κ2) is 27.6. The lowest BCUT2D eigenvalue weighted by molar-refractivity contribution is 0.144. The van der Waals surface area contributed by atoms with Gasteiger partial charge in [-0.1, -0.05) is 180 Å². The molecule has 0 aliphatic rings.